The van der Waals surface area contributed by atoms with Crippen molar-refractivity contribution in [1.29, 1.82) is 0 Å². The van der Waals surface area contributed by atoms with E-state index in [0.717, 1.165) is 31.7 Å². The summed E-state index contributed by atoms with van der Waals surface area (Å²) in [4.78, 5) is 11.3. The number of hydrogen-bond donors (Lipinski definition) is 3. The minimum atomic E-state index is -0.637. The maximum atomic E-state index is 13.1. The van der Waals surface area contributed by atoms with E-state index in [0.29, 0.717) is 12.2 Å². The van der Waals surface area contributed by atoms with E-state index in [2.05, 4.69) is 5.32 Å². The molecule has 1 fully saturated rings. The molecule has 0 heterocycles. The van der Waals surface area contributed by atoms with Gasteiger partial charge in [0, 0.05) is 17.8 Å². The van der Waals surface area contributed by atoms with Crippen molar-refractivity contribution in [2.45, 2.75) is 31.2 Å². The maximum absolute atomic E-state index is 13.1. The Morgan fingerprint density at radius 1 is 1.39 bits per heavy atom. The molecule has 0 bridgehead atoms. The first-order valence-corrected chi connectivity index (χ1v) is 6.14. The number of carbonyl (C=O) groups excluding carboxylic acids is 1. The third-order valence-electron chi connectivity index (χ3n) is 3.60. The van der Waals surface area contributed by atoms with E-state index in [4.69, 9.17) is 11.5 Å². The van der Waals surface area contributed by atoms with Gasteiger partial charge in [0.1, 0.15) is 5.82 Å². The molecule has 18 heavy (non-hydrogen) atoms. The molecule has 1 aliphatic rings. The highest BCUT2D eigenvalue weighted by Crippen LogP contribution is 2.33. The lowest BCUT2D eigenvalue weighted by Crippen LogP contribution is -2.43. The number of carbonyl (C=O) groups is 1. The second-order valence-corrected chi connectivity index (χ2v) is 4.87. The maximum Gasteiger partial charge on any atom is 0.250 e. The standard InChI is InChI=1S/C13H18FN3O/c14-9-3-4-11(10(7-9)12(16)18)17-13(8-15)5-1-2-6-13/h3-4,7,17H,1-2,5-6,8,15H2,(H2,16,18). The van der Waals surface area contributed by atoms with Crippen LogP contribution in [0.3, 0.4) is 0 Å². The Balaban J connectivity index is 2.30. The van der Waals surface area contributed by atoms with E-state index in [1.54, 1.807) is 6.07 Å². The summed E-state index contributed by atoms with van der Waals surface area (Å²) in [6.07, 6.45) is 4.13. The number of benzene rings is 1. The minimum Gasteiger partial charge on any atom is -0.378 e. The van der Waals surface area contributed by atoms with Crippen LogP contribution in [0.2, 0.25) is 0 Å². The molecule has 0 aliphatic heterocycles. The van der Waals surface area contributed by atoms with Crippen molar-refractivity contribution in [3.63, 3.8) is 0 Å². The van der Waals surface area contributed by atoms with Gasteiger partial charge in [0.25, 0.3) is 5.91 Å². The average Bonchev–Trinajstić information content (AvgIpc) is 2.80. The number of nitrogens with one attached hydrogen (secondary N) is 1. The highest BCUT2D eigenvalue weighted by atomic mass is 19.1. The van der Waals surface area contributed by atoms with Crippen molar-refractivity contribution >= 4 is 11.6 Å². The molecule has 0 unspecified atom stereocenters. The summed E-state index contributed by atoms with van der Waals surface area (Å²) in [5.74, 6) is -1.11. The van der Waals surface area contributed by atoms with Gasteiger partial charge in [-0.05, 0) is 31.0 Å². The largest absolute Gasteiger partial charge is 0.378 e. The van der Waals surface area contributed by atoms with Gasteiger partial charge < -0.3 is 16.8 Å². The first-order chi connectivity index (χ1) is 8.56. The lowest BCUT2D eigenvalue weighted by molar-refractivity contribution is 0.100. The van der Waals surface area contributed by atoms with E-state index < -0.39 is 11.7 Å². The van der Waals surface area contributed by atoms with Crippen molar-refractivity contribution in [3.8, 4) is 0 Å². The Hall–Kier alpha value is -1.62. The summed E-state index contributed by atoms with van der Waals surface area (Å²) >= 11 is 0. The van der Waals surface area contributed by atoms with E-state index in [9.17, 15) is 9.18 Å². The second kappa shape index (κ2) is 4.94. The molecule has 0 aromatic heterocycles. The molecule has 0 atom stereocenters. The highest BCUT2D eigenvalue weighted by Gasteiger charge is 2.33. The van der Waals surface area contributed by atoms with E-state index in [1.165, 1.54) is 6.07 Å². The monoisotopic (exact) mass is 251 g/mol. The fraction of sp³-hybridized carbons (Fsp3) is 0.462. The SMILES string of the molecule is NCC1(Nc2ccc(F)cc2C(N)=O)CCCC1. The van der Waals surface area contributed by atoms with Gasteiger partial charge >= 0.3 is 0 Å². The molecule has 5 N–H and O–H groups in total. The van der Waals surface area contributed by atoms with E-state index >= 15 is 0 Å². The Labute approximate surface area is 106 Å². The van der Waals surface area contributed by atoms with Crippen molar-refractivity contribution < 1.29 is 9.18 Å². The van der Waals surface area contributed by atoms with Crippen LogP contribution < -0.4 is 16.8 Å². The molecule has 98 valence electrons. The van der Waals surface area contributed by atoms with Crippen LogP contribution in [0.1, 0.15) is 36.0 Å². The molecule has 1 aromatic carbocycles. The van der Waals surface area contributed by atoms with E-state index in [1.807, 2.05) is 0 Å². The Morgan fingerprint density at radius 3 is 2.61 bits per heavy atom. The summed E-state index contributed by atoms with van der Waals surface area (Å²) < 4.78 is 13.1. The summed E-state index contributed by atoms with van der Waals surface area (Å²) in [6, 6.07) is 4.02. The van der Waals surface area contributed by atoms with Gasteiger partial charge in [0.2, 0.25) is 0 Å². The lowest BCUT2D eigenvalue weighted by atomic mass is 9.96. The van der Waals surface area contributed by atoms with Crippen molar-refractivity contribution in [2.75, 3.05) is 11.9 Å². The predicted molar refractivity (Wildman–Crippen MR) is 68.8 cm³/mol. The summed E-state index contributed by atoms with van der Waals surface area (Å²) in [6.45, 7) is 0.489. The number of hydrogen-bond acceptors (Lipinski definition) is 3. The van der Waals surface area contributed by atoms with Crippen LogP contribution in [-0.2, 0) is 0 Å². The molecule has 5 heteroatoms. The number of halogens is 1. The average molecular weight is 251 g/mol. The summed E-state index contributed by atoms with van der Waals surface area (Å²) in [5, 5.41) is 3.29. The van der Waals surface area contributed by atoms with Gasteiger partial charge in [-0.3, -0.25) is 4.79 Å². The molecule has 1 amide bonds. The number of rotatable bonds is 4. The number of primary amides is 1. The van der Waals surface area contributed by atoms with Crippen LogP contribution in [0, 0.1) is 5.82 Å². The number of nitrogens with two attached hydrogens (primary N) is 2. The van der Waals surface area contributed by atoms with Gasteiger partial charge in [0.05, 0.1) is 5.56 Å². The smallest absolute Gasteiger partial charge is 0.250 e. The van der Waals surface area contributed by atoms with Crippen LogP contribution in [0.25, 0.3) is 0 Å². The molecule has 4 nitrogen and oxygen atoms in total. The predicted octanol–water partition coefficient (Wildman–Crippen LogP) is 1.61. The molecule has 0 radical (unpaired) electrons. The van der Waals surface area contributed by atoms with Crippen LogP contribution >= 0.6 is 0 Å². The topological polar surface area (TPSA) is 81.1 Å². The summed E-state index contributed by atoms with van der Waals surface area (Å²) in [5.41, 5.74) is 11.6. The Morgan fingerprint density at radius 2 is 2.06 bits per heavy atom. The molecule has 2 rings (SSSR count). The van der Waals surface area contributed by atoms with Crippen molar-refractivity contribution in [2.24, 2.45) is 11.5 Å². The third-order valence-corrected chi connectivity index (χ3v) is 3.60. The van der Waals surface area contributed by atoms with Crippen LogP contribution in [0.15, 0.2) is 18.2 Å². The molecule has 0 saturated heterocycles. The first-order valence-electron chi connectivity index (χ1n) is 6.14. The highest BCUT2D eigenvalue weighted by molar-refractivity contribution is 5.98. The van der Waals surface area contributed by atoms with Gasteiger partial charge in [-0.2, -0.15) is 0 Å². The first kappa shape index (κ1) is 12.8. The van der Waals surface area contributed by atoms with Crippen LogP contribution in [-0.4, -0.2) is 18.0 Å². The fourth-order valence-electron chi connectivity index (χ4n) is 2.55. The Bertz CT molecular complexity index is 456. The molecular formula is C13H18FN3O. The van der Waals surface area contributed by atoms with Gasteiger partial charge in [-0.15, -0.1) is 0 Å². The quantitative estimate of drug-likeness (QED) is 0.760. The Kier molecular flexibility index (Phi) is 3.52. The number of amides is 1. The lowest BCUT2D eigenvalue weighted by Gasteiger charge is -2.30. The van der Waals surface area contributed by atoms with Crippen LogP contribution in [0.5, 0.6) is 0 Å². The molecule has 1 saturated carbocycles. The fourth-order valence-corrected chi connectivity index (χ4v) is 2.55. The van der Waals surface area contributed by atoms with Crippen molar-refractivity contribution in [1.82, 2.24) is 0 Å². The zero-order chi connectivity index (χ0) is 13.2. The second-order valence-electron chi connectivity index (χ2n) is 4.87. The van der Waals surface area contributed by atoms with Gasteiger partial charge in [-0.1, -0.05) is 12.8 Å². The van der Waals surface area contributed by atoms with Crippen LogP contribution in [0.4, 0.5) is 10.1 Å². The molecule has 1 aromatic rings. The molecule has 1 aliphatic carbocycles. The molecule has 0 spiro atoms. The third kappa shape index (κ3) is 2.46. The normalized spacial score (nSPS) is 17.7. The minimum absolute atomic E-state index is 0.176. The summed E-state index contributed by atoms with van der Waals surface area (Å²) in [7, 11) is 0. The van der Waals surface area contributed by atoms with E-state index in [-0.39, 0.29) is 11.1 Å². The van der Waals surface area contributed by atoms with Crippen molar-refractivity contribution in [3.05, 3.63) is 29.6 Å². The van der Waals surface area contributed by atoms with Gasteiger partial charge in [0.15, 0.2) is 0 Å². The molecular weight excluding hydrogens is 233 g/mol. The zero-order valence-corrected chi connectivity index (χ0v) is 10.2. The van der Waals surface area contributed by atoms with Gasteiger partial charge in [-0.25, -0.2) is 4.39 Å². The number of anilines is 1. The zero-order valence-electron chi connectivity index (χ0n) is 10.2.